The van der Waals surface area contributed by atoms with E-state index in [9.17, 15) is 4.79 Å². The minimum atomic E-state index is -0.352. The third-order valence-corrected chi connectivity index (χ3v) is 3.84. The molecule has 0 spiro atoms. The Hall–Kier alpha value is -3.39. The molecule has 0 aliphatic heterocycles. The Kier molecular flexibility index (Phi) is 5.37. The minimum Gasteiger partial charge on any atom is -0.439 e. The largest absolute Gasteiger partial charge is 0.439 e. The van der Waals surface area contributed by atoms with Crippen LogP contribution >= 0.6 is 0 Å². The number of hydrogen-bond acceptors (Lipinski definition) is 5. The number of H-pyrrole nitrogens is 1. The molecule has 0 aliphatic rings. The lowest BCUT2D eigenvalue weighted by Crippen LogP contribution is -2.36. The SMILES string of the molecule is CN=C(N)NC(=O)c1cc2ccc(Oc3cc(CN(C)C)ccn3)cc2[nH]1. The summed E-state index contributed by atoms with van der Waals surface area (Å²) in [6.45, 7) is 0.803. The molecule has 8 heteroatoms. The highest BCUT2D eigenvalue weighted by Crippen LogP contribution is 2.25. The standard InChI is InChI=1S/C19H22N6O2/c1-21-19(20)24-18(26)16-9-13-4-5-14(10-15(13)23-16)27-17-8-12(6-7-22-17)11-25(2)3/h4-10,23H,11H2,1-3H3,(H3,20,21,24,26). The fourth-order valence-corrected chi connectivity index (χ4v) is 2.62. The van der Waals surface area contributed by atoms with Gasteiger partial charge in [-0.05, 0) is 43.9 Å². The predicted molar refractivity (Wildman–Crippen MR) is 105 cm³/mol. The van der Waals surface area contributed by atoms with E-state index >= 15 is 0 Å². The van der Waals surface area contributed by atoms with E-state index in [0.29, 0.717) is 17.3 Å². The molecular formula is C19H22N6O2. The molecule has 0 aliphatic carbocycles. The number of ether oxygens (including phenoxy) is 1. The highest BCUT2D eigenvalue weighted by Gasteiger charge is 2.11. The van der Waals surface area contributed by atoms with Crippen molar-refractivity contribution in [3.05, 3.63) is 53.9 Å². The Balaban J connectivity index is 1.80. The van der Waals surface area contributed by atoms with Crippen molar-refractivity contribution in [3.63, 3.8) is 0 Å². The monoisotopic (exact) mass is 366 g/mol. The molecule has 0 radical (unpaired) electrons. The van der Waals surface area contributed by atoms with Gasteiger partial charge in [0.05, 0.1) is 0 Å². The van der Waals surface area contributed by atoms with Crippen molar-refractivity contribution in [2.75, 3.05) is 21.1 Å². The second kappa shape index (κ2) is 7.88. The second-order valence-electron chi connectivity index (χ2n) is 6.34. The third-order valence-electron chi connectivity index (χ3n) is 3.84. The van der Waals surface area contributed by atoms with Gasteiger partial charge in [-0.2, -0.15) is 0 Å². The maximum absolute atomic E-state index is 12.1. The lowest BCUT2D eigenvalue weighted by atomic mass is 10.2. The first kappa shape index (κ1) is 18.4. The first-order valence-corrected chi connectivity index (χ1v) is 8.38. The molecule has 0 fully saturated rings. The van der Waals surface area contributed by atoms with Crippen molar-refractivity contribution in [2.24, 2.45) is 10.7 Å². The van der Waals surface area contributed by atoms with Crippen LogP contribution in [0, 0.1) is 0 Å². The average Bonchev–Trinajstić information content (AvgIpc) is 3.05. The number of aliphatic imine (C=N–C) groups is 1. The van der Waals surface area contributed by atoms with E-state index in [0.717, 1.165) is 23.0 Å². The molecule has 0 atom stereocenters. The van der Waals surface area contributed by atoms with Crippen LogP contribution in [0.1, 0.15) is 16.1 Å². The van der Waals surface area contributed by atoms with Crippen LogP contribution in [-0.2, 0) is 6.54 Å². The molecule has 1 aromatic carbocycles. The quantitative estimate of drug-likeness (QED) is 0.473. The number of guanidine groups is 1. The molecule has 4 N–H and O–H groups in total. The molecule has 0 unspecified atom stereocenters. The van der Waals surface area contributed by atoms with Crippen LogP contribution in [0.3, 0.4) is 0 Å². The van der Waals surface area contributed by atoms with Crippen LogP contribution in [0.25, 0.3) is 10.9 Å². The Morgan fingerprint density at radius 1 is 1.30 bits per heavy atom. The summed E-state index contributed by atoms with van der Waals surface area (Å²) in [6.07, 6.45) is 1.73. The molecular weight excluding hydrogens is 344 g/mol. The summed E-state index contributed by atoms with van der Waals surface area (Å²) in [5.74, 6) is 0.853. The number of rotatable bonds is 5. The number of carbonyl (C=O) groups is 1. The van der Waals surface area contributed by atoms with Gasteiger partial charge in [0, 0.05) is 42.8 Å². The van der Waals surface area contributed by atoms with E-state index in [2.05, 4.69) is 25.2 Å². The van der Waals surface area contributed by atoms with Gasteiger partial charge in [0.2, 0.25) is 5.88 Å². The number of nitrogens with one attached hydrogen (secondary N) is 2. The van der Waals surface area contributed by atoms with Crippen molar-refractivity contribution >= 4 is 22.8 Å². The zero-order valence-electron chi connectivity index (χ0n) is 15.5. The number of amides is 1. The summed E-state index contributed by atoms with van der Waals surface area (Å²) >= 11 is 0. The lowest BCUT2D eigenvalue weighted by molar-refractivity contribution is 0.0972. The fourth-order valence-electron chi connectivity index (χ4n) is 2.62. The van der Waals surface area contributed by atoms with E-state index < -0.39 is 0 Å². The number of hydrogen-bond donors (Lipinski definition) is 3. The zero-order chi connectivity index (χ0) is 19.4. The van der Waals surface area contributed by atoms with E-state index in [1.54, 1.807) is 12.3 Å². The zero-order valence-corrected chi connectivity index (χ0v) is 15.5. The summed E-state index contributed by atoms with van der Waals surface area (Å²) in [5, 5.41) is 3.38. The molecule has 2 heterocycles. The number of fused-ring (bicyclic) bond motifs is 1. The highest BCUT2D eigenvalue weighted by atomic mass is 16.5. The van der Waals surface area contributed by atoms with Crippen LogP contribution in [-0.4, -0.2) is 47.9 Å². The molecule has 0 saturated heterocycles. The Morgan fingerprint density at radius 3 is 2.85 bits per heavy atom. The van der Waals surface area contributed by atoms with Crippen molar-refractivity contribution in [2.45, 2.75) is 6.54 Å². The number of nitrogens with zero attached hydrogens (tertiary/aromatic N) is 3. The average molecular weight is 366 g/mol. The van der Waals surface area contributed by atoms with Crippen LogP contribution in [0.2, 0.25) is 0 Å². The van der Waals surface area contributed by atoms with Gasteiger partial charge in [-0.25, -0.2) is 4.98 Å². The maximum atomic E-state index is 12.1. The van der Waals surface area contributed by atoms with Gasteiger partial charge in [0.15, 0.2) is 5.96 Å². The first-order chi connectivity index (χ1) is 12.9. The van der Waals surface area contributed by atoms with Crippen molar-refractivity contribution in [3.8, 4) is 11.6 Å². The summed E-state index contributed by atoms with van der Waals surface area (Å²) in [4.78, 5) is 25.2. The first-order valence-electron chi connectivity index (χ1n) is 8.38. The Labute approximate surface area is 157 Å². The topological polar surface area (TPSA) is 109 Å². The van der Waals surface area contributed by atoms with Gasteiger partial charge in [0.25, 0.3) is 5.91 Å². The van der Waals surface area contributed by atoms with Crippen LogP contribution in [0.4, 0.5) is 0 Å². The molecule has 1 amide bonds. The molecule has 140 valence electrons. The maximum Gasteiger partial charge on any atom is 0.274 e. The normalized spacial score (nSPS) is 11.8. The minimum absolute atomic E-state index is 0.0614. The Bertz CT molecular complexity index is 993. The second-order valence-corrected chi connectivity index (χ2v) is 6.34. The van der Waals surface area contributed by atoms with Crippen LogP contribution in [0.5, 0.6) is 11.6 Å². The molecule has 27 heavy (non-hydrogen) atoms. The molecule has 3 rings (SSSR count). The van der Waals surface area contributed by atoms with Crippen LogP contribution in [0.15, 0.2) is 47.6 Å². The number of benzene rings is 1. The summed E-state index contributed by atoms with van der Waals surface area (Å²) in [6, 6.07) is 11.1. The van der Waals surface area contributed by atoms with E-state index in [1.807, 2.05) is 44.4 Å². The summed E-state index contributed by atoms with van der Waals surface area (Å²) in [7, 11) is 5.52. The lowest BCUT2D eigenvalue weighted by Gasteiger charge is -2.10. The van der Waals surface area contributed by atoms with Gasteiger partial charge in [-0.1, -0.05) is 0 Å². The predicted octanol–water partition coefficient (Wildman–Crippen LogP) is 2.09. The van der Waals surface area contributed by atoms with Gasteiger partial charge in [0.1, 0.15) is 11.4 Å². The Morgan fingerprint density at radius 2 is 2.11 bits per heavy atom. The van der Waals surface area contributed by atoms with Crippen molar-refractivity contribution in [1.29, 1.82) is 0 Å². The number of aromatic amines is 1. The summed E-state index contributed by atoms with van der Waals surface area (Å²) < 4.78 is 5.87. The van der Waals surface area contributed by atoms with E-state index in [4.69, 9.17) is 10.5 Å². The number of nitrogens with two attached hydrogens (primary N) is 1. The van der Waals surface area contributed by atoms with Crippen LogP contribution < -0.4 is 15.8 Å². The smallest absolute Gasteiger partial charge is 0.274 e. The van der Waals surface area contributed by atoms with Gasteiger partial charge < -0.3 is 20.4 Å². The molecule has 8 nitrogen and oxygen atoms in total. The van der Waals surface area contributed by atoms with E-state index in [1.165, 1.54) is 7.05 Å². The van der Waals surface area contributed by atoms with Gasteiger partial charge >= 0.3 is 0 Å². The highest BCUT2D eigenvalue weighted by molar-refractivity contribution is 6.06. The van der Waals surface area contributed by atoms with Gasteiger partial charge in [-0.3, -0.25) is 15.1 Å². The summed E-state index contributed by atoms with van der Waals surface area (Å²) in [5.41, 5.74) is 7.80. The van der Waals surface area contributed by atoms with Crippen molar-refractivity contribution < 1.29 is 9.53 Å². The molecule has 3 aromatic rings. The number of pyridine rings is 1. The third kappa shape index (κ3) is 4.62. The molecule has 0 bridgehead atoms. The number of carbonyl (C=O) groups excluding carboxylic acids is 1. The molecule has 2 aromatic heterocycles. The van der Waals surface area contributed by atoms with E-state index in [-0.39, 0.29) is 11.9 Å². The molecule has 0 saturated carbocycles. The fraction of sp³-hybridized carbons (Fsp3) is 0.211. The van der Waals surface area contributed by atoms with Gasteiger partial charge in [-0.15, -0.1) is 0 Å². The van der Waals surface area contributed by atoms with Crippen molar-refractivity contribution in [1.82, 2.24) is 20.2 Å². The number of aromatic nitrogens is 2.